The van der Waals surface area contributed by atoms with Gasteiger partial charge >= 0.3 is 6.03 Å². The van der Waals surface area contributed by atoms with Crippen molar-refractivity contribution in [1.29, 1.82) is 0 Å². The van der Waals surface area contributed by atoms with Crippen molar-refractivity contribution >= 4 is 57.1 Å². The quantitative estimate of drug-likeness (QED) is 0.550. The van der Waals surface area contributed by atoms with Crippen LogP contribution in [0.2, 0.25) is 5.02 Å². The van der Waals surface area contributed by atoms with Crippen LogP contribution in [0.5, 0.6) is 11.5 Å². The van der Waals surface area contributed by atoms with E-state index in [1.165, 1.54) is 25.3 Å². The molecule has 3 rings (SSSR count). The van der Waals surface area contributed by atoms with Gasteiger partial charge in [-0.3, -0.25) is 14.9 Å². The van der Waals surface area contributed by atoms with Gasteiger partial charge in [0.15, 0.2) is 11.5 Å². The van der Waals surface area contributed by atoms with Gasteiger partial charge in [-0.2, -0.15) is 0 Å². The van der Waals surface area contributed by atoms with Crippen LogP contribution in [0.1, 0.15) is 5.56 Å². The SMILES string of the molecule is COc1cc(C=C2C(=O)NC(=O)N(c3cccc(Br)c3)C2=O)cc(Cl)c1O. The van der Waals surface area contributed by atoms with Crippen LogP contribution in [0.4, 0.5) is 10.5 Å². The van der Waals surface area contributed by atoms with Gasteiger partial charge < -0.3 is 9.84 Å². The Morgan fingerprint density at radius 2 is 1.96 bits per heavy atom. The van der Waals surface area contributed by atoms with Gasteiger partial charge in [0.2, 0.25) is 0 Å². The third kappa shape index (κ3) is 3.67. The molecule has 9 heteroatoms. The van der Waals surface area contributed by atoms with Gasteiger partial charge in [0.05, 0.1) is 17.8 Å². The Balaban J connectivity index is 2.06. The van der Waals surface area contributed by atoms with Crippen LogP contribution < -0.4 is 15.0 Å². The lowest BCUT2D eigenvalue weighted by Crippen LogP contribution is -2.54. The summed E-state index contributed by atoms with van der Waals surface area (Å²) in [5, 5.41) is 11.9. The molecule has 138 valence electrons. The molecule has 7 nitrogen and oxygen atoms in total. The molecule has 4 amide bonds. The second kappa shape index (κ2) is 7.42. The number of hydrogen-bond acceptors (Lipinski definition) is 5. The average molecular weight is 452 g/mol. The molecule has 27 heavy (non-hydrogen) atoms. The van der Waals surface area contributed by atoms with Crippen molar-refractivity contribution in [2.24, 2.45) is 0 Å². The van der Waals surface area contributed by atoms with Gasteiger partial charge in [-0.15, -0.1) is 0 Å². The number of urea groups is 1. The predicted octanol–water partition coefficient (Wildman–Crippen LogP) is 3.48. The van der Waals surface area contributed by atoms with E-state index in [0.29, 0.717) is 15.7 Å². The van der Waals surface area contributed by atoms with Crippen LogP contribution >= 0.6 is 27.5 Å². The molecule has 2 aromatic carbocycles. The molecule has 0 aliphatic carbocycles. The van der Waals surface area contributed by atoms with E-state index < -0.39 is 17.8 Å². The smallest absolute Gasteiger partial charge is 0.335 e. The minimum atomic E-state index is -0.846. The molecule has 1 saturated heterocycles. The summed E-state index contributed by atoms with van der Waals surface area (Å²) in [6.45, 7) is 0. The maximum absolute atomic E-state index is 12.8. The first-order chi connectivity index (χ1) is 12.8. The number of phenols is 1. The average Bonchev–Trinajstić information content (AvgIpc) is 2.61. The highest BCUT2D eigenvalue weighted by molar-refractivity contribution is 9.10. The first-order valence-corrected chi connectivity index (χ1v) is 8.72. The van der Waals surface area contributed by atoms with Crippen molar-refractivity contribution < 1.29 is 24.2 Å². The monoisotopic (exact) mass is 450 g/mol. The summed E-state index contributed by atoms with van der Waals surface area (Å²) in [7, 11) is 1.34. The fraction of sp³-hybridized carbons (Fsp3) is 0.0556. The van der Waals surface area contributed by atoms with Crippen LogP contribution in [0.25, 0.3) is 6.08 Å². The Labute approximate surface area is 167 Å². The number of barbiturate groups is 1. The van der Waals surface area contributed by atoms with Crippen LogP contribution in [0, 0.1) is 0 Å². The third-order valence-corrected chi connectivity index (χ3v) is 4.53. The highest BCUT2D eigenvalue weighted by Gasteiger charge is 2.36. The molecule has 1 fully saturated rings. The largest absolute Gasteiger partial charge is 0.503 e. The number of hydrogen-bond donors (Lipinski definition) is 2. The molecule has 0 atom stereocenters. The number of carbonyl (C=O) groups excluding carboxylic acids is 3. The molecule has 0 saturated carbocycles. The molecule has 0 bridgehead atoms. The van der Waals surface area contributed by atoms with Crippen LogP contribution in [-0.4, -0.2) is 30.1 Å². The summed E-state index contributed by atoms with van der Waals surface area (Å²) < 4.78 is 5.68. The summed E-state index contributed by atoms with van der Waals surface area (Å²) in [5.74, 6) is -1.80. The maximum atomic E-state index is 12.8. The predicted molar refractivity (Wildman–Crippen MR) is 103 cm³/mol. The van der Waals surface area contributed by atoms with E-state index in [9.17, 15) is 19.5 Å². The van der Waals surface area contributed by atoms with Gasteiger partial charge in [0.1, 0.15) is 5.57 Å². The third-order valence-electron chi connectivity index (χ3n) is 3.75. The Kier molecular flexibility index (Phi) is 5.20. The second-order valence-electron chi connectivity index (χ2n) is 5.49. The van der Waals surface area contributed by atoms with Gasteiger partial charge in [0.25, 0.3) is 11.8 Å². The summed E-state index contributed by atoms with van der Waals surface area (Å²) in [4.78, 5) is 38.1. The number of nitrogens with zero attached hydrogens (tertiary/aromatic N) is 1. The molecular weight excluding hydrogens is 440 g/mol. The van der Waals surface area contributed by atoms with Crippen molar-refractivity contribution in [3.05, 3.63) is 57.0 Å². The lowest BCUT2D eigenvalue weighted by atomic mass is 10.1. The molecule has 2 N–H and O–H groups in total. The topological polar surface area (TPSA) is 95.9 Å². The zero-order valence-corrected chi connectivity index (χ0v) is 16.2. The van der Waals surface area contributed by atoms with Crippen LogP contribution in [-0.2, 0) is 9.59 Å². The first kappa shape index (κ1) is 18.9. The molecule has 1 aliphatic heterocycles. The van der Waals surface area contributed by atoms with Crippen LogP contribution in [0.15, 0.2) is 46.4 Å². The number of imide groups is 2. The van der Waals surface area contributed by atoms with Crippen molar-refractivity contribution in [2.75, 3.05) is 12.0 Å². The number of carbonyl (C=O) groups is 3. The van der Waals surface area contributed by atoms with E-state index in [2.05, 4.69) is 21.2 Å². The van der Waals surface area contributed by atoms with E-state index in [4.69, 9.17) is 16.3 Å². The number of amides is 4. The number of phenolic OH excluding ortho intramolecular Hbond substituents is 1. The van der Waals surface area contributed by atoms with E-state index in [1.54, 1.807) is 24.3 Å². The minimum absolute atomic E-state index is 0.00945. The zero-order valence-electron chi connectivity index (χ0n) is 13.8. The highest BCUT2D eigenvalue weighted by atomic mass is 79.9. The lowest BCUT2D eigenvalue weighted by molar-refractivity contribution is -0.122. The lowest BCUT2D eigenvalue weighted by Gasteiger charge is -2.26. The normalized spacial score (nSPS) is 15.9. The van der Waals surface area contributed by atoms with Crippen LogP contribution in [0.3, 0.4) is 0 Å². The molecule has 0 aromatic heterocycles. The highest BCUT2D eigenvalue weighted by Crippen LogP contribution is 2.36. The number of anilines is 1. The van der Waals surface area contributed by atoms with Crippen molar-refractivity contribution in [2.45, 2.75) is 0 Å². The second-order valence-corrected chi connectivity index (χ2v) is 6.81. The number of ether oxygens (including phenoxy) is 1. The Morgan fingerprint density at radius 1 is 1.22 bits per heavy atom. The van der Waals surface area contributed by atoms with E-state index in [1.807, 2.05) is 0 Å². The Morgan fingerprint density at radius 3 is 2.63 bits per heavy atom. The number of benzene rings is 2. The summed E-state index contributed by atoms with van der Waals surface area (Å²) in [6, 6.07) is 8.47. The summed E-state index contributed by atoms with van der Waals surface area (Å²) in [5.41, 5.74) is 0.377. The van der Waals surface area contributed by atoms with Crippen molar-refractivity contribution in [3.8, 4) is 11.5 Å². The Hall–Kier alpha value is -2.84. The van der Waals surface area contributed by atoms with Gasteiger partial charge in [0, 0.05) is 4.47 Å². The minimum Gasteiger partial charge on any atom is -0.503 e. The molecule has 2 aromatic rings. The maximum Gasteiger partial charge on any atom is 0.335 e. The number of nitrogens with one attached hydrogen (secondary N) is 1. The fourth-order valence-electron chi connectivity index (χ4n) is 2.51. The Bertz CT molecular complexity index is 1010. The van der Waals surface area contributed by atoms with Crippen molar-refractivity contribution in [3.63, 3.8) is 0 Å². The van der Waals surface area contributed by atoms with Crippen molar-refractivity contribution in [1.82, 2.24) is 5.32 Å². The number of halogens is 2. The van der Waals surface area contributed by atoms with E-state index >= 15 is 0 Å². The van der Waals surface area contributed by atoms with E-state index in [-0.39, 0.29) is 22.1 Å². The molecule has 0 spiro atoms. The molecule has 1 aliphatic rings. The first-order valence-electron chi connectivity index (χ1n) is 7.55. The molecule has 0 radical (unpaired) electrons. The molecular formula is C18H12BrClN2O5. The number of aromatic hydroxyl groups is 1. The number of rotatable bonds is 3. The van der Waals surface area contributed by atoms with Gasteiger partial charge in [-0.1, -0.05) is 33.6 Å². The van der Waals surface area contributed by atoms with Gasteiger partial charge in [-0.05, 0) is 42.0 Å². The van der Waals surface area contributed by atoms with E-state index in [0.717, 1.165) is 4.90 Å². The summed E-state index contributed by atoms with van der Waals surface area (Å²) >= 11 is 9.22. The number of methoxy groups -OCH3 is 1. The molecule has 1 heterocycles. The standard InChI is InChI=1S/C18H12BrClN2O5/c1-27-14-7-9(6-13(20)15(14)23)5-12-16(24)21-18(26)22(17(12)25)11-4-2-3-10(19)8-11/h2-8,23H,1H3,(H,21,24,26). The molecule has 0 unspecified atom stereocenters. The zero-order chi connectivity index (χ0) is 19.7. The van der Waals surface area contributed by atoms with Gasteiger partial charge in [-0.25, -0.2) is 9.69 Å². The fourth-order valence-corrected chi connectivity index (χ4v) is 3.11. The summed E-state index contributed by atoms with van der Waals surface area (Å²) in [6.07, 6.45) is 1.27.